The fourth-order valence-electron chi connectivity index (χ4n) is 7.00. The summed E-state index contributed by atoms with van der Waals surface area (Å²) in [6.07, 6.45) is 0. The van der Waals surface area contributed by atoms with Crippen LogP contribution >= 0.6 is 11.8 Å². The van der Waals surface area contributed by atoms with Crippen molar-refractivity contribution in [2.45, 2.75) is 29.1 Å². The molecule has 0 saturated carbocycles. The Labute approximate surface area is 279 Å². The molecule has 0 radical (unpaired) electrons. The minimum Gasteiger partial charge on any atom is -0.449 e. The van der Waals surface area contributed by atoms with Crippen molar-refractivity contribution in [3.05, 3.63) is 163 Å². The van der Waals surface area contributed by atoms with Crippen molar-refractivity contribution in [1.29, 1.82) is 0 Å². The molecule has 7 aromatic rings. The summed E-state index contributed by atoms with van der Waals surface area (Å²) in [7, 11) is 0. The van der Waals surface area contributed by atoms with Crippen molar-refractivity contribution in [3.8, 4) is 34.1 Å². The number of hydrogen-bond donors (Lipinski definition) is 0. The molecule has 2 heterocycles. The Bertz CT molecular complexity index is 2320. The van der Waals surface area contributed by atoms with Gasteiger partial charge in [-0.05, 0) is 70.6 Å². The molecule has 0 fully saturated rings. The van der Waals surface area contributed by atoms with Crippen LogP contribution in [0.25, 0.3) is 21.9 Å². The van der Waals surface area contributed by atoms with Crippen LogP contribution in [0.5, 0.6) is 23.0 Å². The second kappa shape index (κ2) is 10.8. The second-order valence-corrected chi connectivity index (χ2v) is 13.6. The molecule has 226 valence electrons. The highest BCUT2D eigenvalue weighted by molar-refractivity contribution is 7.99. The van der Waals surface area contributed by atoms with Gasteiger partial charge in [0.05, 0.1) is 11.4 Å². The van der Waals surface area contributed by atoms with Crippen LogP contribution in [0.4, 0.5) is 17.1 Å². The predicted molar refractivity (Wildman–Crippen MR) is 193 cm³/mol. The number of hydrogen-bond acceptors (Lipinski definition) is 4. The zero-order chi connectivity index (χ0) is 31.5. The zero-order valence-corrected chi connectivity index (χ0v) is 26.9. The third-order valence-electron chi connectivity index (χ3n) is 9.38. The molecule has 0 aliphatic carbocycles. The van der Waals surface area contributed by atoms with E-state index in [0.717, 1.165) is 45.5 Å². The van der Waals surface area contributed by atoms with Crippen molar-refractivity contribution in [1.82, 2.24) is 0 Å². The Balaban J connectivity index is 1.20. The fraction of sp³-hybridized carbons (Fsp3) is 0.0698. The van der Waals surface area contributed by atoms with Crippen molar-refractivity contribution in [2.24, 2.45) is 0 Å². The van der Waals surface area contributed by atoms with Crippen LogP contribution in [0.15, 0.2) is 161 Å². The molecule has 0 aromatic heterocycles. The van der Waals surface area contributed by atoms with Gasteiger partial charge in [-0.15, -0.1) is 0 Å². The minimum atomic E-state index is -0.130. The summed E-state index contributed by atoms with van der Waals surface area (Å²) in [6, 6.07) is 53.5. The highest BCUT2D eigenvalue weighted by atomic mass is 32.2. The summed E-state index contributed by atoms with van der Waals surface area (Å²) in [5.74, 6) is 2.91. The van der Waals surface area contributed by atoms with Crippen LogP contribution in [0.3, 0.4) is 0 Å². The lowest BCUT2D eigenvalue weighted by molar-refractivity contribution is 0.361. The van der Waals surface area contributed by atoms with Gasteiger partial charge in [-0.1, -0.05) is 129 Å². The maximum Gasteiger partial charge on any atom is 0.177 e. The molecule has 7 aromatic carbocycles. The Kier molecular flexibility index (Phi) is 6.41. The molecule has 47 heavy (non-hydrogen) atoms. The van der Waals surface area contributed by atoms with E-state index in [2.05, 4.69) is 134 Å². The van der Waals surface area contributed by atoms with E-state index >= 15 is 0 Å². The first-order chi connectivity index (χ1) is 23.1. The SMILES string of the molecule is CC1(C)c2ccccc2Sc2c(N(c3ccc(-c4cccc5c4Oc4ccccc4O5)cc3)c3cccc4ccccc34)cccc21. The summed E-state index contributed by atoms with van der Waals surface area (Å²) >= 11 is 1.87. The van der Waals surface area contributed by atoms with E-state index < -0.39 is 0 Å². The summed E-state index contributed by atoms with van der Waals surface area (Å²) in [4.78, 5) is 5.02. The zero-order valence-electron chi connectivity index (χ0n) is 26.1. The smallest absolute Gasteiger partial charge is 0.177 e. The van der Waals surface area contributed by atoms with Gasteiger partial charge in [-0.2, -0.15) is 0 Å². The number of benzene rings is 7. The topological polar surface area (TPSA) is 21.7 Å². The highest BCUT2D eigenvalue weighted by Gasteiger charge is 2.35. The number of rotatable bonds is 4. The van der Waals surface area contributed by atoms with Gasteiger partial charge in [0.25, 0.3) is 0 Å². The average Bonchev–Trinajstić information content (AvgIpc) is 3.11. The van der Waals surface area contributed by atoms with E-state index in [1.165, 1.54) is 37.4 Å². The number of ether oxygens (including phenoxy) is 2. The lowest BCUT2D eigenvalue weighted by Crippen LogP contribution is -2.25. The van der Waals surface area contributed by atoms with E-state index in [9.17, 15) is 0 Å². The van der Waals surface area contributed by atoms with E-state index in [-0.39, 0.29) is 5.41 Å². The molecule has 4 heteroatoms. The van der Waals surface area contributed by atoms with Crippen LogP contribution in [0.1, 0.15) is 25.0 Å². The monoisotopic (exact) mass is 625 g/mol. The van der Waals surface area contributed by atoms with Gasteiger partial charge in [0.1, 0.15) is 0 Å². The molecular weight excluding hydrogens is 595 g/mol. The van der Waals surface area contributed by atoms with Gasteiger partial charge in [0.2, 0.25) is 0 Å². The van der Waals surface area contributed by atoms with E-state index in [1.807, 2.05) is 48.2 Å². The number of para-hydroxylation sites is 3. The molecule has 0 saturated heterocycles. The van der Waals surface area contributed by atoms with Gasteiger partial charge in [0, 0.05) is 31.8 Å². The Morgan fingerprint density at radius 3 is 2.04 bits per heavy atom. The molecule has 0 bridgehead atoms. The van der Waals surface area contributed by atoms with Gasteiger partial charge >= 0.3 is 0 Å². The van der Waals surface area contributed by atoms with Crippen molar-refractivity contribution in [3.63, 3.8) is 0 Å². The number of nitrogens with zero attached hydrogens (tertiary/aromatic N) is 1. The molecule has 3 nitrogen and oxygen atoms in total. The first-order valence-electron chi connectivity index (χ1n) is 15.9. The number of anilines is 3. The lowest BCUT2D eigenvalue weighted by atomic mass is 9.77. The highest BCUT2D eigenvalue weighted by Crippen LogP contribution is 2.55. The molecule has 0 spiro atoms. The van der Waals surface area contributed by atoms with Crippen molar-refractivity contribution in [2.75, 3.05) is 4.90 Å². The van der Waals surface area contributed by atoms with Gasteiger partial charge in [-0.3, -0.25) is 0 Å². The second-order valence-electron chi connectivity index (χ2n) is 12.5. The van der Waals surface area contributed by atoms with E-state index in [0.29, 0.717) is 0 Å². The fourth-order valence-corrected chi connectivity index (χ4v) is 8.50. The summed E-state index contributed by atoms with van der Waals surface area (Å²) in [5.41, 5.74) is 8.04. The van der Waals surface area contributed by atoms with Crippen molar-refractivity contribution >= 4 is 39.6 Å². The summed E-state index contributed by atoms with van der Waals surface area (Å²) < 4.78 is 12.6. The number of fused-ring (bicyclic) bond motifs is 5. The summed E-state index contributed by atoms with van der Waals surface area (Å²) in [6.45, 7) is 4.69. The molecule has 2 aliphatic heterocycles. The predicted octanol–water partition coefficient (Wildman–Crippen LogP) is 12.7. The van der Waals surface area contributed by atoms with Gasteiger partial charge in [-0.25, -0.2) is 0 Å². The third kappa shape index (κ3) is 4.51. The molecule has 0 unspecified atom stereocenters. The maximum absolute atomic E-state index is 6.40. The van der Waals surface area contributed by atoms with Crippen LogP contribution in [-0.4, -0.2) is 0 Å². The Hall–Kier alpha value is -5.45. The molecule has 0 N–H and O–H groups in total. The van der Waals surface area contributed by atoms with Crippen LogP contribution in [-0.2, 0) is 5.41 Å². The summed E-state index contributed by atoms with van der Waals surface area (Å²) in [5, 5.41) is 2.42. The van der Waals surface area contributed by atoms with Gasteiger partial charge < -0.3 is 14.4 Å². The Morgan fingerprint density at radius 1 is 0.532 bits per heavy atom. The molecule has 0 atom stereocenters. The van der Waals surface area contributed by atoms with Crippen molar-refractivity contribution < 1.29 is 9.47 Å². The van der Waals surface area contributed by atoms with Gasteiger partial charge in [0.15, 0.2) is 23.0 Å². The van der Waals surface area contributed by atoms with Crippen LogP contribution < -0.4 is 14.4 Å². The Morgan fingerprint density at radius 2 is 1.17 bits per heavy atom. The lowest BCUT2D eigenvalue weighted by Gasteiger charge is -2.38. The van der Waals surface area contributed by atoms with E-state index in [4.69, 9.17) is 9.47 Å². The maximum atomic E-state index is 6.40. The first-order valence-corrected chi connectivity index (χ1v) is 16.7. The van der Waals surface area contributed by atoms with Crippen LogP contribution in [0, 0.1) is 0 Å². The molecular formula is C43H31NO2S. The quantitative estimate of drug-likeness (QED) is 0.194. The normalized spacial score (nSPS) is 13.7. The molecule has 0 amide bonds. The first kappa shape index (κ1) is 27.8. The van der Waals surface area contributed by atoms with E-state index in [1.54, 1.807) is 0 Å². The molecule has 9 rings (SSSR count). The average molecular weight is 626 g/mol. The standard InChI is InChI=1S/C43H31NO2S/c1-43(2)33-16-5-8-23-40(33)47-42-34(43)17-11-19-36(42)44(35-18-9-13-28-12-3-4-14-31(28)35)30-26-24-29(25-27-30)32-15-10-22-39-41(32)46-38-21-7-6-20-37(38)45-39/h3-27H,1-2H3. The third-order valence-corrected chi connectivity index (χ3v) is 10.6. The van der Waals surface area contributed by atoms with Crippen LogP contribution in [0.2, 0.25) is 0 Å². The minimum absolute atomic E-state index is 0.130. The largest absolute Gasteiger partial charge is 0.449 e. The molecule has 2 aliphatic rings.